The van der Waals surface area contributed by atoms with E-state index in [1.807, 2.05) is 0 Å². The van der Waals surface area contributed by atoms with Crippen LogP contribution < -0.4 is 11.4 Å². The minimum Gasteiger partial charge on any atom is -0.462 e. The topological polar surface area (TPSA) is 265 Å². The number of esters is 2. The number of hydrogen-bond acceptors (Lipinski definition) is 15. The maximum absolute atomic E-state index is 12.8. The summed E-state index contributed by atoms with van der Waals surface area (Å²) in [5, 5.41) is 20.9. The maximum atomic E-state index is 12.8. The van der Waals surface area contributed by atoms with Crippen LogP contribution in [0.5, 0.6) is 0 Å². The average Bonchev–Trinajstić information content (AvgIpc) is 3.53. The Bertz CT molecular complexity index is 1650. The van der Waals surface area contributed by atoms with Crippen LogP contribution in [-0.2, 0) is 46.3 Å². The van der Waals surface area contributed by atoms with Crippen molar-refractivity contribution in [3.05, 3.63) is 22.7 Å². The Labute approximate surface area is 400 Å². The van der Waals surface area contributed by atoms with Crippen molar-refractivity contribution in [2.75, 3.05) is 25.6 Å². The second-order valence-corrected chi connectivity index (χ2v) is 22.0. The molecule has 1 aliphatic rings. The monoisotopic (exact) mass is 996 g/mol. The second kappa shape index (κ2) is 35.0. The van der Waals surface area contributed by atoms with Gasteiger partial charge in [-0.2, -0.15) is 9.29 Å². The number of nitrogens with two attached hydrogens (primary N) is 1. The molecule has 0 saturated carbocycles. The molecule has 0 aromatic carbocycles. The van der Waals surface area contributed by atoms with E-state index in [1.54, 1.807) is 0 Å². The molecule has 67 heavy (non-hydrogen) atoms. The maximum Gasteiger partial charge on any atom is 0.481 e. The van der Waals surface area contributed by atoms with Crippen molar-refractivity contribution < 1.29 is 66.3 Å². The first-order chi connectivity index (χ1) is 31.9. The first-order valence-electron chi connectivity index (χ1n) is 25.3. The Hall–Kier alpha value is -2.24. The van der Waals surface area contributed by atoms with Crippen LogP contribution in [-0.4, -0.2) is 85.7 Å². The summed E-state index contributed by atoms with van der Waals surface area (Å²) >= 11 is 0. The molecule has 0 bridgehead atoms. The van der Waals surface area contributed by atoms with Crippen LogP contribution >= 0.6 is 15.6 Å². The number of phosphoric ester groups is 2. The lowest BCUT2D eigenvalue weighted by atomic mass is 10.0. The van der Waals surface area contributed by atoms with E-state index >= 15 is 0 Å². The summed E-state index contributed by atoms with van der Waals surface area (Å²) in [5.74, 6) is 0.262. The highest BCUT2D eigenvalue weighted by Gasteiger charge is 2.46. The van der Waals surface area contributed by atoms with Gasteiger partial charge in [0.2, 0.25) is 0 Å². The first kappa shape index (κ1) is 60.9. The summed E-state index contributed by atoms with van der Waals surface area (Å²) in [6.07, 6.45) is 22.0. The molecule has 20 heteroatoms. The molecule has 18 nitrogen and oxygen atoms in total. The Morgan fingerprint density at radius 3 is 1.57 bits per heavy atom. The van der Waals surface area contributed by atoms with Gasteiger partial charge in [-0.05, 0) is 30.7 Å². The summed E-state index contributed by atoms with van der Waals surface area (Å²) < 4.78 is 56.8. The summed E-state index contributed by atoms with van der Waals surface area (Å²) in [7, 11) is -10.8. The van der Waals surface area contributed by atoms with Crippen LogP contribution in [0.3, 0.4) is 0 Å². The fourth-order valence-electron chi connectivity index (χ4n) is 7.86. The van der Waals surface area contributed by atoms with E-state index in [4.69, 9.17) is 29.0 Å². The standard InChI is InChI=1S/C47H87N3O15P2/c1-37(2)28-24-20-16-12-8-5-6-10-14-18-22-26-30-42(51)60-34-39(63-43(52)31-27-23-19-15-11-7-9-13-17-21-25-29-38(3)4)35-61-66(56,57)65-67(58,59)62-36-40-44(53)45(54)46(64-40)50-33-32-41(48)49-47(50)55/h32-33,37-40,44-46,53-54H,5-31,34-36H2,1-4H3,(H,56,57)(H,58,59)(H2,48,49,55)/t39-,40-,44+,45?,46-/m1/s1. The minimum atomic E-state index is -5.42. The molecule has 0 aliphatic carbocycles. The molecule has 1 saturated heterocycles. The summed E-state index contributed by atoms with van der Waals surface area (Å²) in [4.78, 5) is 61.9. The van der Waals surface area contributed by atoms with E-state index in [2.05, 4.69) is 37.0 Å². The number of nitrogens with zero attached hydrogens (tertiary/aromatic N) is 2. The third-order valence-corrected chi connectivity index (χ3v) is 14.4. The lowest BCUT2D eigenvalue weighted by Crippen LogP contribution is -2.36. The number of nitrogen functional groups attached to an aromatic ring is 1. The summed E-state index contributed by atoms with van der Waals surface area (Å²) in [6, 6.07) is 1.25. The number of hydrogen-bond donors (Lipinski definition) is 5. The van der Waals surface area contributed by atoms with E-state index < -0.39 is 83.7 Å². The molecular weight excluding hydrogens is 908 g/mol. The van der Waals surface area contributed by atoms with Crippen LogP contribution in [0.1, 0.15) is 207 Å². The molecular formula is C47H87N3O15P2. The van der Waals surface area contributed by atoms with Gasteiger partial charge in [0.1, 0.15) is 30.7 Å². The highest BCUT2D eigenvalue weighted by Crippen LogP contribution is 2.60. The third kappa shape index (κ3) is 29.5. The van der Waals surface area contributed by atoms with Gasteiger partial charge < -0.3 is 39.9 Å². The van der Waals surface area contributed by atoms with Crippen molar-refractivity contribution in [1.29, 1.82) is 0 Å². The van der Waals surface area contributed by atoms with Crippen molar-refractivity contribution in [3.63, 3.8) is 0 Å². The van der Waals surface area contributed by atoms with E-state index in [-0.39, 0.29) is 18.7 Å². The van der Waals surface area contributed by atoms with E-state index in [9.17, 15) is 43.5 Å². The number of carbonyl (C=O) groups is 2. The fraction of sp³-hybridized carbons (Fsp3) is 0.872. The third-order valence-electron chi connectivity index (χ3n) is 11.8. The molecule has 0 amide bonds. The van der Waals surface area contributed by atoms with E-state index in [0.717, 1.165) is 67.8 Å². The Kier molecular flexibility index (Phi) is 31.8. The molecule has 7 atom stereocenters. The molecule has 2 rings (SSSR count). The van der Waals surface area contributed by atoms with Gasteiger partial charge in [-0.3, -0.25) is 23.2 Å². The Morgan fingerprint density at radius 2 is 1.10 bits per heavy atom. The normalized spacial score (nSPS) is 19.7. The van der Waals surface area contributed by atoms with Crippen LogP contribution in [0.2, 0.25) is 0 Å². The van der Waals surface area contributed by atoms with Gasteiger partial charge in [0.05, 0.1) is 13.2 Å². The van der Waals surface area contributed by atoms with E-state index in [1.165, 1.54) is 109 Å². The van der Waals surface area contributed by atoms with E-state index in [0.29, 0.717) is 12.8 Å². The Balaban J connectivity index is 1.80. The first-order valence-corrected chi connectivity index (χ1v) is 28.3. The quantitative estimate of drug-likeness (QED) is 0.0232. The van der Waals surface area contributed by atoms with Gasteiger partial charge >= 0.3 is 33.3 Å². The highest BCUT2D eigenvalue weighted by molar-refractivity contribution is 7.61. The summed E-state index contributed by atoms with van der Waals surface area (Å²) in [5.41, 5.74) is 4.59. The Morgan fingerprint density at radius 1 is 0.672 bits per heavy atom. The van der Waals surface area contributed by atoms with Crippen LogP contribution in [0, 0.1) is 11.8 Å². The van der Waals surface area contributed by atoms with Crippen molar-refractivity contribution in [1.82, 2.24) is 9.55 Å². The number of carbonyl (C=O) groups excluding carboxylic acids is 2. The molecule has 2 heterocycles. The van der Waals surface area contributed by atoms with Crippen molar-refractivity contribution in [2.45, 2.75) is 232 Å². The second-order valence-electron chi connectivity index (χ2n) is 19.0. The lowest BCUT2D eigenvalue weighted by Gasteiger charge is -2.21. The van der Waals surface area contributed by atoms with Gasteiger partial charge in [0, 0.05) is 19.0 Å². The number of rotatable bonds is 41. The van der Waals surface area contributed by atoms with Gasteiger partial charge in [-0.25, -0.2) is 13.9 Å². The molecule has 0 spiro atoms. The average molecular weight is 996 g/mol. The zero-order chi connectivity index (χ0) is 49.5. The molecule has 1 aromatic heterocycles. The minimum absolute atomic E-state index is 0.0559. The number of aliphatic hydroxyl groups is 2. The number of ether oxygens (including phenoxy) is 3. The van der Waals surface area contributed by atoms with Crippen molar-refractivity contribution >= 4 is 33.4 Å². The highest BCUT2D eigenvalue weighted by atomic mass is 31.3. The summed E-state index contributed by atoms with van der Waals surface area (Å²) in [6.45, 7) is 6.78. The smallest absolute Gasteiger partial charge is 0.462 e. The predicted molar refractivity (Wildman–Crippen MR) is 257 cm³/mol. The van der Waals surface area contributed by atoms with Crippen LogP contribution in [0.25, 0.3) is 0 Å². The molecule has 3 unspecified atom stereocenters. The number of anilines is 1. The SMILES string of the molecule is CC(C)CCCCCCCCCCCCCCC(=O)OC[C@H](COP(=O)(O)OP(=O)(O)OC[C@H]1O[C@@H](n2ccc(N)nc2=O)C(O)[C@H]1O)OC(=O)CCCCCCCCCCCCCC(C)C. The van der Waals surface area contributed by atoms with Gasteiger partial charge in [-0.15, -0.1) is 0 Å². The predicted octanol–water partition coefficient (Wildman–Crippen LogP) is 10.00. The lowest BCUT2D eigenvalue weighted by molar-refractivity contribution is -0.161. The van der Waals surface area contributed by atoms with Gasteiger partial charge in [0.25, 0.3) is 0 Å². The van der Waals surface area contributed by atoms with Gasteiger partial charge in [-0.1, -0.05) is 175 Å². The molecule has 6 N–H and O–H groups in total. The van der Waals surface area contributed by atoms with Crippen molar-refractivity contribution in [3.8, 4) is 0 Å². The molecule has 1 fully saturated rings. The van der Waals surface area contributed by atoms with Crippen LogP contribution in [0.4, 0.5) is 5.82 Å². The fourth-order valence-corrected chi connectivity index (χ4v) is 9.97. The number of aromatic nitrogens is 2. The number of aliphatic hydroxyl groups excluding tert-OH is 2. The zero-order valence-electron chi connectivity index (χ0n) is 41.1. The number of phosphoric acid groups is 2. The molecule has 1 aromatic rings. The molecule has 1 aliphatic heterocycles. The van der Waals surface area contributed by atoms with Crippen LogP contribution in [0.15, 0.2) is 17.1 Å². The number of unbranched alkanes of at least 4 members (excludes halogenated alkanes) is 21. The zero-order valence-corrected chi connectivity index (χ0v) is 42.8. The van der Waals surface area contributed by atoms with Crippen molar-refractivity contribution in [2.24, 2.45) is 11.8 Å². The molecule has 390 valence electrons. The van der Waals surface area contributed by atoms with Gasteiger partial charge in [0.15, 0.2) is 12.3 Å². The molecule has 0 radical (unpaired) electrons. The largest absolute Gasteiger partial charge is 0.481 e.